The second kappa shape index (κ2) is 6.29. The minimum Gasteiger partial charge on any atom is -0.494 e. The van der Waals surface area contributed by atoms with Gasteiger partial charge in [-0.15, -0.1) is 5.10 Å². The van der Waals surface area contributed by atoms with Crippen LogP contribution in [-0.4, -0.2) is 21.9 Å². The molecule has 0 fully saturated rings. The summed E-state index contributed by atoms with van der Waals surface area (Å²) in [6.07, 6.45) is -4.49. The van der Waals surface area contributed by atoms with E-state index >= 15 is 0 Å². The Morgan fingerprint density at radius 2 is 1.96 bits per heavy atom. The van der Waals surface area contributed by atoms with Gasteiger partial charge in [0.25, 0.3) is 0 Å². The van der Waals surface area contributed by atoms with Crippen LogP contribution < -0.4 is 10.4 Å². The van der Waals surface area contributed by atoms with Crippen LogP contribution in [0.25, 0.3) is 17.1 Å². The number of aromatic amines is 1. The zero-order valence-electron chi connectivity index (χ0n) is 12.8. The fourth-order valence-electron chi connectivity index (χ4n) is 2.29. The first-order valence-electron chi connectivity index (χ1n) is 7.00. The van der Waals surface area contributed by atoms with Crippen LogP contribution in [0, 0.1) is 0 Å². The molecule has 0 aliphatic rings. The van der Waals surface area contributed by atoms with Gasteiger partial charge in [-0.05, 0) is 30.3 Å². The molecule has 3 aromatic rings. The molecule has 0 aliphatic carbocycles. The number of nitrogens with zero attached hydrogens (tertiary/aromatic N) is 2. The molecule has 1 aromatic heterocycles. The summed E-state index contributed by atoms with van der Waals surface area (Å²) in [6.45, 7) is 0. The normalized spacial score (nSPS) is 11.6. The van der Waals surface area contributed by atoms with E-state index in [0.29, 0.717) is 10.8 Å². The first kappa shape index (κ1) is 17.1. The lowest BCUT2D eigenvalue weighted by Crippen LogP contribution is -2.16. The van der Waals surface area contributed by atoms with Gasteiger partial charge in [0.15, 0.2) is 5.82 Å². The molecule has 0 spiro atoms. The maximum Gasteiger partial charge on any atom is 0.416 e. The number of aromatic nitrogens is 3. The van der Waals surface area contributed by atoms with Crippen molar-refractivity contribution >= 4 is 11.6 Å². The van der Waals surface area contributed by atoms with Gasteiger partial charge in [0.1, 0.15) is 11.4 Å². The number of halogens is 4. The van der Waals surface area contributed by atoms with Gasteiger partial charge in [-0.1, -0.05) is 23.7 Å². The third-order valence-electron chi connectivity index (χ3n) is 3.45. The second-order valence-electron chi connectivity index (χ2n) is 5.09. The van der Waals surface area contributed by atoms with E-state index in [0.717, 1.165) is 16.8 Å². The van der Waals surface area contributed by atoms with E-state index < -0.39 is 17.4 Å². The van der Waals surface area contributed by atoms with Crippen LogP contribution in [0.15, 0.2) is 47.3 Å². The SMILES string of the molecule is COc1ccc(Cl)cc1-n1nc(-c2cccc(C(F)(F)F)c2)[nH]c1=O. The molecule has 25 heavy (non-hydrogen) atoms. The molecule has 1 heterocycles. The number of H-pyrrole nitrogens is 1. The van der Waals surface area contributed by atoms with Crippen LogP contribution >= 0.6 is 11.6 Å². The van der Waals surface area contributed by atoms with Crippen molar-refractivity contribution in [3.05, 3.63) is 63.5 Å². The predicted molar refractivity (Wildman–Crippen MR) is 86.2 cm³/mol. The van der Waals surface area contributed by atoms with Gasteiger partial charge in [-0.3, -0.25) is 4.98 Å². The van der Waals surface area contributed by atoms with Gasteiger partial charge >= 0.3 is 11.9 Å². The van der Waals surface area contributed by atoms with Gasteiger partial charge in [-0.2, -0.15) is 17.9 Å². The number of methoxy groups -OCH3 is 1. The Morgan fingerprint density at radius 3 is 2.64 bits per heavy atom. The predicted octanol–water partition coefficient (Wildman–Crippen LogP) is 3.91. The smallest absolute Gasteiger partial charge is 0.416 e. The van der Waals surface area contributed by atoms with Crippen molar-refractivity contribution in [2.75, 3.05) is 7.11 Å². The highest BCUT2D eigenvalue weighted by Gasteiger charge is 2.30. The molecule has 0 atom stereocenters. The van der Waals surface area contributed by atoms with E-state index in [-0.39, 0.29) is 17.1 Å². The number of alkyl halides is 3. The second-order valence-corrected chi connectivity index (χ2v) is 5.52. The topological polar surface area (TPSA) is 59.9 Å². The number of benzene rings is 2. The highest BCUT2D eigenvalue weighted by molar-refractivity contribution is 6.30. The van der Waals surface area contributed by atoms with E-state index in [1.165, 1.54) is 25.3 Å². The van der Waals surface area contributed by atoms with E-state index in [4.69, 9.17) is 16.3 Å². The summed E-state index contributed by atoms with van der Waals surface area (Å²) >= 11 is 5.94. The van der Waals surface area contributed by atoms with Gasteiger partial charge in [0, 0.05) is 10.6 Å². The molecular weight excluding hydrogens is 359 g/mol. The van der Waals surface area contributed by atoms with Crippen molar-refractivity contribution < 1.29 is 17.9 Å². The molecule has 0 saturated carbocycles. The molecule has 0 aliphatic heterocycles. The Bertz CT molecular complexity index is 979. The molecule has 0 saturated heterocycles. The first-order valence-corrected chi connectivity index (χ1v) is 7.38. The molecule has 130 valence electrons. The quantitative estimate of drug-likeness (QED) is 0.761. The molecule has 0 radical (unpaired) electrons. The van der Waals surface area contributed by atoms with E-state index in [2.05, 4.69) is 10.1 Å². The van der Waals surface area contributed by atoms with Gasteiger partial charge in [-0.25, -0.2) is 4.79 Å². The molecular formula is C16H11ClF3N3O2. The lowest BCUT2D eigenvalue weighted by atomic mass is 10.1. The van der Waals surface area contributed by atoms with Crippen LogP contribution in [0.2, 0.25) is 5.02 Å². The van der Waals surface area contributed by atoms with E-state index in [9.17, 15) is 18.0 Å². The highest BCUT2D eigenvalue weighted by atomic mass is 35.5. The minimum absolute atomic E-state index is 0.00173. The summed E-state index contributed by atoms with van der Waals surface area (Å²) in [5, 5.41) is 4.42. The number of nitrogens with one attached hydrogen (secondary N) is 1. The van der Waals surface area contributed by atoms with Crippen LogP contribution in [0.1, 0.15) is 5.56 Å². The van der Waals surface area contributed by atoms with Crippen LogP contribution in [0.5, 0.6) is 5.75 Å². The van der Waals surface area contributed by atoms with Gasteiger partial charge in [0.2, 0.25) is 0 Å². The van der Waals surface area contributed by atoms with Gasteiger partial charge < -0.3 is 4.74 Å². The standard InChI is InChI=1S/C16H11ClF3N3O2/c1-25-13-6-5-11(17)8-12(13)23-15(24)21-14(22-23)9-3-2-4-10(7-9)16(18,19)20/h2-8H,1H3,(H,21,22,24). The van der Waals surface area contributed by atoms with Crippen molar-refractivity contribution in [2.24, 2.45) is 0 Å². The lowest BCUT2D eigenvalue weighted by Gasteiger charge is -2.08. The fourth-order valence-corrected chi connectivity index (χ4v) is 2.46. The Labute approximate surface area is 144 Å². The molecule has 0 unspecified atom stereocenters. The van der Waals surface area contributed by atoms with Crippen LogP contribution in [0.4, 0.5) is 13.2 Å². The summed E-state index contributed by atoms with van der Waals surface area (Å²) in [5.41, 5.74) is -1.06. The average Bonchev–Trinajstić information content (AvgIpc) is 2.96. The molecule has 0 bridgehead atoms. The molecule has 3 rings (SSSR count). The number of ether oxygens (including phenoxy) is 1. The Kier molecular flexibility index (Phi) is 4.30. The first-order chi connectivity index (χ1) is 11.8. The molecule has 5 nitrogen and oxygen atoms in total. The number of hydrogen-bond acceptors (Lipinski definition) is 3. The van der Waals surface area contributed by atoms with Crippen molar-refractivity contribution in [3.63, 3.8) is 0 Å². The summed E-state index contributed by atoms with van der Waals surface area (Å²) in [6, 6.07) is 9.13. The average molecular weight is 370 g/mol. The van der Waals surface area contributed by atoms with Gasteiger partial charge in [0.05, 0.1) is 12.7 Å². The summed E-state index contributed by atoms with van der Waals surface area (Å²) < 4.78 is 44.7. The zero-order valence-corrected chi connectivity index (χ0v) is 13.5. The lowest BCUT2D eigenvalue weighted by molar-refractivity contribution is -0.137. The van der Waals surface area contributed by atoms with Crippen molar-refractivity contribution in [3.8, 4) is 22.8 Å². The van der Waals surface area contributed by atoms with Crippen LogP contribution in [0.3, 0.4) is 0 Å². The highest BCUT2D eigenvalue weighted by Crippen LogP contribution is 2.31. The Morgan fingerprint density at radius 1 is 1.20 bits per heavy atom. The van der Waals surface area contributed by atoms with Crippen LogP contribution in [-0.2, 0) is 6.18 Å². The number of rotatable bonds is 3. The minimum atomic E-state index is -4.49. The zero-order chi connectivity index (χ0) is 18.2. The molecule has 0 amide bonds. The number of hydrogen-bond donors (Lipinski definition) is 1. The molecule has 2 aromatic carbocycles. The molecule has 9 heteroatoms. The monoisotopic (exact) mass is 369 g/mol. The Balaban J connectivity index is 2.11. The summed E-state index contributed by atoms with van der Waals surface area (Å²) in [7, 11) is 1.41. The van der Waals surface area contributed by atoms with E-state index in [1.54, 1.807) is 12.1 Å². The molecule has 1 N–H and O–H groups in total. The Hall–Kier alpha value is -2.74. The third-order valence-corrected chi connectivity index (χ3v) is 3.69. The maximum atomic E-state index is 12.8. The van der Waals surface area contributed by atoms with Crippen molar-refractivity contribution in [1.82, 2.24) is 14.8 Å². The fraction of sp³-hybridized carbons (Fsp3) is 0.125. The largest absolute Gasteiger partial charge is 0.494 e. The third kappa shape index (κ3) is 3.39. The van der Waals surface area contributed by atoms with Crippen molar-refractivity contribution in [2.45, 2.75) is 6.18 Å². The van der Waals surface area contributed by atoms with E-state index in [1.807, 2.05) is 0 Å². The summed E-state index contributed by atoms with van der Waals surface area (Å²) in [5.74, 6) is 0.340. The summed E-state index contributed by atoms with van der Waals surface area (Å²) in [4.78, 5) is 14.6. The van der Waals surface area contributed by atoms with Crippen molar-refractivity contribution in [1.29, 1.82) is 0 Å². The maximum absolute atomic E-state index is 12.8.